The summed E-state index contributed by atoms with van der Waals surface area (Å²) in [6.45, 7) is 4.62. The number of rotatable bonds is 4. The van der Waals surface area contributed by atoms with Gasteiger partial charge in [-0.15, -0.1) is 0 Å². The Morgan fingerprint density at radius 3 is 2.83 bits per heavy atom. The summed E-state index contributed by atoms with van der Waals surface area (Å²) >= 11 is 0. The van der Waals surface area contributed by atoms with Crippen molar-refractivity contribution in [2.24, 2.45) is 0 Å². The lowest BCUT2D eigenvalue weighted by atomic mass is 10.1. The molecule has 0 saturated carbocycles. The number of amides is 2. The summed E-state index contributed by atoms with van der Waals surface area (Å²) < 4.78 is 16.8. The van der Waals surface area contributed by atoms with Crippen LogP contribution in [-0.4, -0.2) is 38.5 Å². The zero-order chi connectivity index (χ0) is 16.1. The van der Waals surface area contributed by atoms with Crippen molar-refractivity contribution < 1.29 is 19.0 Å². The van der Waals surface area contributed by atoms with Gasteiger partial charge in [0, 0.05) is 19.6 Å². The monoisotopic (exact) mass is 320 g/mol. The average Bonchev–Trinajstić information content (AvgIpc) is 2.96. The van der Waals surface area contributed by atoms with E-state index in [0.717, 1.165) is 42.9 Å². The van der Waals surface area contributed by atoms with Crippen molar-refractivity contribution in [2.45, 2.75) is 38.3 Å². The van der Waals surface area contributed by atoms with Crippen LogP contribution in [0.5, 0.6) is 11.5 Å². The molecule has 2 atom stereocenters. The van der Waals surface area contributed by atoms with Crippen molar-refractivity contribution in [1.82, 2.24) is 10.6 Å². The molecule has 2 heterocycles. The van der Waals surface area contributed by atoms with Crippen LogP contribution in [0.1, 0.15) is 37.8 Å². The molecular formula is C17H24N2O4. The fraction of sp³-hybridized carbons (Fsp3) is 0.588. The minimum atomic E-state index is -0.180. The summed E-state index contributed by atoms with van der Waals surface area (Å²) in [4.78, 5) is 12.0. The zero-order valence-electron chi connectivity index (χ0n) is 13.5. The van der Waals surface area contributed by atoms with Crippen molar-refractivity contribution in [3.8, 4) is 11.5 Å². The van der Waals surface area contributed by atoms with E-state index in [1.54, 1.807) is 0 Å². The highest BCUT2D eigenvalue weighted by molar-refractivity contribution is 5.74. The molecule has 0 aromatic heterocycles. The molecule has 23 heavy (non-hydrogen) atoms. The fourth-order valence-electron chi connectivity index (χ4n) is 2.79. The minimum Gasteiger partial charge on any atom is -0.490 e. The maximum absolute atomic E-state index is 12.0. The topological polar surface area (TPSA) is 68.8 Å². The second-order valence-corrected chi connectivity index (χ2v) is 5.97. The SMILES string of the molecule is CC(NC(=O)NCC1CCCO1)c1ccc2c(c1)OCCCO2. The van der Waals surface area contributed by atoms with E-state index in [9.17, 15) is 4.79 Å². The van der Waals surface area contributed by atoms with Crippen molar-refractivity contribution in [3.63, 3.8) is 0 Å². The third-order valence-corrected chi connectivity index (χ3v) is 4.13. The molecule has 1 fully saturated rings. The number of nitrogens with one attached hydrogen (secondary N) is 2. The van der Waals surface area contributed by atoms with E-state index in [0.29, 0.717) is 19.8 Å². The second-order valence-electron chi connectivity index (χ2n) is 5.97. The third kappa shape index (κ3) is 4.28. The molecule has 0 spiro atoms. The minimum absolute atomic E-state index is 0.114. The van der Waals surface area contributed by atoms with Gasteiger partial charge < -0.3 is 24.8 Å². The molecule has 0 aliphatic carbocycles. The van der Waals surface area contributed by atoms with E-state index in [4.69, 9.17) is 14.2 Å². The maximum Gasteiger partial charge on any atom is 0.315 e. The molecule has 2 aliphatic heterocycles. The summed E-state index contributed by atoms with van der Waals surface area (Å²) in [5.41, 5.74) is 0.988. The number of fused-ring (bicyclic) bond motifs is 1. The van der Waals surface area contributed by atoms with E-state index in [1.165, 1.54) is 0 Å². The van der Waals surface area contributed by atoms with Gasteiger partial charge in [0.15, 0.2) is 11.5 Å². The largest absolute Gasteiger partial charge is 0.490 e. The number of hydrogen-bond acceptors (Lipinski definition) is 4. The van der Waals surface area contributed by atoms with Crippen LogP contribution in [0.15, 0.2) is 18.2 Å². The Kier molecular flexibility index (Phi) is 5.23. The van der Waals surface area contributed by atoms with Crippen LogP contribution in [0.25, 0.3) is 0 Å². The highest BCUT2D eigenvalue weighted by atomic mass is 16.5. The molecule has 1 aromatic rings. The summed E-state index contributed by atoms with van der Waals surface area (Å²) in [5, 5.41) is 5.81. The van der Waals surface area contributed by atoms with Gasteiger partial charge in [-0.1, -0.05) is 6.07 Å². The van der Waals surface area contributed by atoms with Crippen molar-refractivity contribution in [3.05, 3.63) is 23.8 Å². The first-order chi connectivity index (χ1) is 11.2. The van der Waals surface area contributed by atoms with Crippen LogP contribution in [0.3, 0.4) is 0 Å². The van der Waals surface area contributed by atoms with Gasteiger partial charge in [-0.25, -0.2) is 4.79 Å². The van der Waals surface area contributed by atoms with E-state index >= 15 is 0 Å². The molecule has 2 aliphatic rings. The Labute approximate surface area is 136 Å². The van der Waals surface area contributed by atoms with Crippen LogP contribution in [0.2, 0.25) is 0 Å². The molecule has 6 heteroatoms. The number of carbonyl (C=O) groups is 1. The predicted molar refractivity (Wildman–Crippen MR) is 86.0 cm³/mol. The molecule has 1 saturated heterocycles. The lowest BCUT2D eigenvalue weighted by Crippen LogP contribution is -2.40. The Bertz CT molecular complexity index is 543. The highest BCUT2D eigenvalue weighted by Gasteiger charge is 2.18. The maximum atomic E-state index is 12.0. The normalized spacial score (nSPS) is 21.3. The Morgan fingerprint density at radius 2 is 2.04 bits per heavy atom. The first-order valence-corrected chi connectivity index (χ1v) is 8.28. The number of benzene rings is 1. The second kappa shape index (κ2) is 7.55. The van der Waals surface area contributed by atoms with Gasteiger partial charge in [-0.3, -0.25) is 0 Å². The van der Waals surface area contributed by atoms with Gasteiger partial charge in [0.05, 0.1) is 25.4 Å². The quantitative estimate of drug-likeness (QED) is 0.894. The zero-order valence-corrected chi connectivity index (χ0v) is 13.5. The van der Waals surface area contributed by atoms with Gasteiger partial charge in [-0.05, 0) is 37.5 Å². The van der Waals surface area contributed by atoms with Gasteiger partial charge in [-0.2, -0.15) is 0 Å². The molecule has 6 nitrogen and oxygen atoms in total. The Hall–Kier alpha value is -1.95. The molecule has 2 unspecified atom stereocenters. The molecular weight excluding hydrogens is 296 g/mol. The number of hydrogen-bond donors (Lipinski definition) is 2. The predicted octanol–water partition coefficient (Wildman–Crippen LogP) is 2.39. The molecule has 0 radical (unpaired) electrons. The van der Waals surface area contributed by atoms with E-state index in [-0.39, 0.29) is 18.2 Å². The van der Waals surface area contributed by atoms with E-state index < -0.39 is 0 Å². The van der Waals surface area contributed by atoms with Crippen LogP contribution < -0.4 is 20.1 Å². The van der Waals surface area contributed by atoms with Gasteiger partial charge in [0.2, 0.25) is 0 Å². The summed E-state index contributed by atoms with van der Waals surface area (Å²) in [6.07, 6.45) is 3.11. The first kappa shape index (κ1) is 15.9. The van der Waals surface area contributed by atoms with Gasteiger partial charge in [0.1, 0.15) is 0 Å². The summed E-state index contributed by atoms with van der Waals surface area (Å²) in [6, 6.07) is 5.50. The molecule has 1 aromatic carbocycles. The third-order valence-electron chi connectivity index (χ3n) is 4.13. The van der Waals surface area contributed by atoms with E-state index in [1.807, 2.05) is 25.1 Å². The van der Waals surface area contributed by atoms with Gasteiger partial charge in [0.25, 0.3) is 0 Å². The molecule has 126 valence electrons. The summed E-state index contributed by atoms with van der Waals surface area (Å²) in [7, 11) is 0. The van der Waals surface area contributed by atoms with Crippen LogP contribution in [0.4, 0.5) is 4.79 Å². The van der Waals surface area contributed by atoms with Crippen molar-refractivity contribution in [1.29, 1.82) is 0 Å². The summed E-state index contributed by atoms with van der Waals surface area (Å²) in [5.74, 6) is 1.51. The van der Waals surface area contributed by atoms with Crippen molar-refractivity contribution in [2.75, 3.05) is 26.4 Å². The van der Waals surface area contributed by atoms with Crippen LogP contribution in [-0.2, 0) is 4.74 Å². The lowest BCUT2D eigenvalue weighted by molar-refractivity contribution is 0.111. The first-order valence-electron chi connectivity index (χ1n) is 8.28. The molecule has 0 bridgehead atoms. The number of ether oxygens (including phenoxy) is 3. The Balaban J connectivity index is 1.53. The van der Waals surface area contributed by atoms with Crippen LogP contribution in [0, 0.1) is 0 Å². The standard InChI is InChI=1S/C17H24N2O4/c1-12(19-17(20)18-11-14-4-2-7-21-14)13-5-6-15-16(10-13)23-9-3-8-22-15/h5-6,10,12,14H,2-4,7-9,11H2,1H3,(H2,18,19,20). The highest BCUT2D eigenvalue weighted by Crippen LogP contribution is 2.32. The fourth-order valence-corrected chi connectivity index (χ4v) is 2.79. The smallest absolute Gasteiger partial charge is 0.315 e. The Morgan fingerprint density at radius 1 is 1.22 bits per heavy atom. The molecule has 2 N–H and O–H groups in total. The average molecular weight is 320 g/mol. The number of carbonyl (C=O) groups excluding carboxylic acids is 1. The number of urea groups is 1. The lowest BCUT2D eigenvalue weighted by Gasteiger charge is -2.18. The molecule has 3 rings (SSSR count). The van der Waals surface area contributed by atoms with Crippen molar-refractivity contribution >= 4 is 6.03 Å². The van der Waals surface area contributed by atoms with E-state index in [2.05, 4.69) is 10.6 Å². The molecule has 2 amide bonds. The van der Waals surface area contributed by atoms with Crippen LogP contribution >= 0.6 is 0 Å². The van der Waals surface area contributed by atoms with Gasteiger partial charge >= 0.3 is 6.03 Å².